The van der Waals surface area contributed by atoms with E-state index in [0.29, 0.717) is 29.8 Å². The first-order valence-electron chi connectivity index (χ1n) is 7.70. The van der Waals surface area contributed by atoms with Gasteiger partial charge in [0.25, 0.3) is 5.91 Å². The molecule has 1 aromatic heterocycles. The highest BCUT2D eigenvalue weighted by Gasteiger charge is 2.36. The second kappa shape index (κ2) is 7.22. The van der Waals surface area contributed by atoms with E-state index in [-0.39, 0.29) is 17.9 Å². The van der Waals surface area contributed by atoms with Gasteiger partial charge in [0, 0.05) is 25.5 Å². The molecule has 1 fully saturated rings. The average Bonchev–Trinajstić information content (AvgIpc) is 3.05. The Kier molecular flexibility index (Phi) is 5.56. The Labute approximate surface area is 136 Å². The summed E-state index contributed by atoms with van der Waals surface area (Å²) in [6, 6.07) is 1.56. The van der Waals surface area contributed by atoms with E-state index in [2.05, 4.69) is 19.2 Å². The first kappa shape index (κ1) is 16.9. The zero-order valence-electron chi connectivity index (χ0n) is 13.8. The van der Waals surface area contributed by atoms with Gasteiger partial charge in [-0.3, -0.25) is 9.59 Å². The van der Waals surface area contributed by atoms with Gasteiger partial charge in [-0.2, -0.15) is 0 Å². The minimum Gasteiger partial charge on any atom is -0.354 e. The Morgan fingerprint density at radius 2 is 2.18 bits per heavy atom. The highest BCUT2D eigenvalue weighted by molar-refractivity contribution is 7.99. The van der Waals surface area contributed by atoms with Crippen LogP contribution in [0.2, 0.25) is 0 Å². The second-order valence-corrected chi connectivity index (χ2v) is 7.22. The molecule has 0 spiro atoms. The Hall–Kier alpha value is -1.43. The van der Waals surface area contributed by atoms with Gasteiger partial charge >= 0.3 is 0 Å². The highest BCUT2D eigenvalue weighted by Crippen LogP contribution is 2.24. The molecule has 2 heterocycles. The van der Waals surface area contributed by atoms with Crippen LogP contribution in [0.25, 0.3) is 0 Å². The van der Waals surface area contributed by atoms with E-state index in [1.54, 1.807) is 16.7 Å². The maximum Gasteiger partial charge on any atom is 0.272 e. The van der Waals surface area contributed by atoms with Crippen LogP contribution in [0, 0.1) is 12.8 Å². The van der Waals surface area contributed by atoms with E-state index in [1.807, 2.05) is 30.8 Å². The molecule has 0 radical (unpaired) electrons. The number of aryl methyl sites for hydroxylation is 2. The van der Waals surface area contributed by atoms with E-state index in [9.17, 15) is 9.59 Å². The van der Waals surface area contributed by atoms with Crippen molar-refractivity contribution >= 4 is 23.6 Å². The van der Waals surface area contributed by atoms with Crippen molar-refractivity contribution in [3.05, 3.63) is 23.5 Å². The van der Waals surface area contributed by atoms with Crippen molar-refractivity contribution in [3.63, 3.8) is 0 Å². The Morgan fingerprint density at radius 3 is 2.77 bits per heavy atom. The predicted molar refractivity (Wildman–Crippen MR) is 89.9 cm³/mol. The number of carbonyl (C=O) groups is 2. The normalized spacial score (nSPS) is 18.0. The molecule has 2 rings (SSSR count). The number of carbonyl (C=O) groups excluding carboxylic acids is 2. The van der Waals surface area contributed by atoms with E-state index in [0.717, 1.165) is 12.0 Å². The lowest BCUT2D eigenvalue weighted by atomic mass is 10.1. The zero-order chi connectivity index (χ0) is 16.3. The molecule has 6 heteroatoms. The van der Waals surface area contributed by atoms with Crippen LogP contribution in [0.1, 0.15) is 36.3 Å². The SMILES string of the molecule is Cc1ccn(C)c1C(=O)N1CSC[C@H]1C(=O)NCCC(C)C. The van der Waals surface area contributed by atoms with Gasteiger partial charge in [0.15, 0.2) is 0 Å². The van der Waals surface area contributed by atoms with Crippen molar-refractivity contribution in [3.8, 4) is 0 Å². The lowest BCUT2D eigenvalue weighted by molar-refractivity contribution is -0.124. The molecular weight excluding hydrogens is 298 g/mol. The van der Waals surface area contributed by atoms with Crippen LogP contribution >= 0.6 is 11.8 Å². The van der Waals surface area contributed by atoms with E-state index in [1.165, 1.54) is 0 Å². The quantitative estimate of drug-likeness (QED) is 0.902. The monoisotopic (exact) mass is 323 g/mol. The van der Waals surface area contributed by atoms with Gasteiger partial charge in [-0.05, 0) is 30.9 Å². The summed E-state index contributed by atoms with van der Waals surface area (Å²) in [5.41, 5.74) is 1.62. The molecule has 2 amide bonds. The average molecular weight is 323 g/mol. The molecule has 1 aliphatic rings. The Morgan fingerprint density at radius 1 is 1.45 bits per heavy atom. The minimum atomic E-state index is -0.362. The first-order valence-corrected chi connectivity index (χ1v) is 8.85. The first-order chi connectivity index (χ1) is 10.4. The number of amides is 2. The van der Waals surface area contributed by atoms with Crippen LogP contribution in [0.15, 0.2) is 12.3 Å². The van der Waals surface area contributed by atoms with Crippen molar-refractivity contribution in [1.82, 2.24) is 14.8 Å². The van der Waals surface area contributed by atoms with Gasteiger partial charge < -0.3 is 14.8 Å². The smallest absolute Gasteiger partial charge is 0.272 e. The molecule has 1 atom stereocenters. The second-order valence-electron chi connectivity index (χ2n) is 6.22. The fourth-order valence-corrected chi connectivity index (χ4v) is 3.73. The molecule has 1 N–H and O–H groups in total. The number of nitrogens with zero attached hydrogens (tertiary/aromatic N) is 2. The molecule has 1 saturated heterocycles. The molecule has 1 aromatic rings. The maximum atomic E-state index is 12.8. The molecule has 0 aromatic carbocycles. The van der Waals surface area contributed by atoms with E-state index < -0.39 is 0 Å². The molecular formula is C16H25N3O2S. The number of nitrogens with one attached hydrogen (secondary N) is 1. The summed E-state index contributed by atoms with van der Waals surface area (Å²) in [4.78, 5) is 26.8. The fourth-order valence-electron chi connectivity index (χ4n) is 2.57. The zero-order valence-corrected chi connectivity index (χ0v) is 14.6. The third kappa shape index (κ3) is 3.66. The van der Waals surface area contributed by atoms with E-state index >= 15 is 0 Å². The van der Waals surface area contributed by atoms with Crippen LogP contribution in [0.5, 0.6) is 0 Å². The van der Waals surface area contributed by atoms with Crippen molar-refractivity contribution < 1.29 is 9.59 Å². The summed E-state index contributed by atoms with van der Waals surface area (Å²) in [6.07, 6.45) is 2.83. The van der Waals surface area contributed by atoms with Crippen molar-refractivity contribution in [2.24, 2.45) is 13.0 Å². The topological polar surface area (TPSA) is 54.3 Å². The molecule has 0 unspecified atom stereocenters. The standard InChI is InChI=1S/C16H25N3O2S/c1-11(2)5-7-17-15(20)13-9-22-10-19(13)16(21)14-12(3)6-8-18(14)4/h6,8,11,13H,5,7,9-10H2,1-4H3,(H,17,20)/t13-/m0/s1. The predicted octanol–water partition coefficient (Wildman–Crippen LogP) is 2.01. The number of rotatable bonds is 5. The summed E-state index contributed by atoms with van der Waals surface area (Å²) in [5, 5.41) is 2.96. The maximum absolute atomic E-state index is 12.8. The van der Waals surface area contributed by atoms with Crippen molar-refractivity contribution in [2.75, 3.05) is 18.2 Å². The van der Waals surface area contributed by atoms with Crippen molar-refractivity contribution in [2.45, 2.75) is 33.2 Å². The summed E-state index contributed by atoms with van der Waals surface area (Å²) in [5.74, 6) is 1.71. The van der Waals surface area contributed by atoms with Crippen molar-refractivity contribution in [1.29, 1.82) is 0 Å². The molecule has 0 aliphatic carbocycles. The lowest BCUT2D eigenvalue weighted by Gasteiger charge is -2.24. The summed E-state index contributed by atoms with van der Waals surface area (Å²) < 4.78 is 1.83. The molecule has 0 saturated carbocycles. The lowest BCUT2D eigenvalue weighted by Crippen LogP contribution is -2.48. The third-order valence-corrected chi connectivity index (χ3v) is 4.96. The van der Waals surface area contributed by atoms with Gasteiger partial charge in [0.2, 0.25) is 5.91 Å². The summed E-state index contributed by atoms with van der Waals surface area (Å²) in [7, 11) is 1.86. The third-order valence-electron chi connectivity index (χ3n) is 3.94. The largest absolute Gasteiger partial charge is 0.354 e. The Balaban J connectivity index is 2.04. The Bertz CT molecular complexity index is 534. The van der Waals surface area contributed by atoms with Gasteiger partial charge in [-0.1, -0.05) is 13.8 Å². The van der Waals surface area contributed by atoms with E-state index in [4.69, 9.17) is 0 Å². The molecule has 0 bridgehead atoms. The van der Waals surface area contributed by atoms with Gasteiger partial charge in [-0.15, -0.1) is 11.8 Å². The number of hydrogen-bond acceptors (Lipinski definition) is 3. The number of hydrogen-bond donors (Lipinski definition) is 1. The number of aromatic nitrogens is 1. The fraction of sp³-hybridized carbons (Fsp3) is 0.625. The molecule has 5 nitrogen and oxygen atoms in total. The van der Waals surface area contributed by atoms with Crippen LogP contribution < -0.4 is 5.32 Å². The van der Waals surface area contributed by atoms with Crippen LogP contribution in [-0.2, 0) is 11.8 Å². The van der Waals surface area contributed by atoms with Gasteiger partial charge in [0.05, 0.1) is 5.88 Å². The molecule has 22 heavy (non-hydrogen) atoms. The van der Waals surface area contributed by atoms with Crippen LogP contribution in [0.4, 0.5) is 0 Å². The van der Waals surface area contributed by atoms with Gasteiger partial charge in [-0.25, -0.2) is 0 Å². The highest BCUT2D eigenvalue weighted by atomic mass is 32.2. The minimum absolute atomic E-state index is 0.0362. The van der Waals surface area contributed by atoms with Gasteiger partial charge in [0.1, 0.15) is 11.7 Å². The summed E-state index contributed by atoms with van der Waals surface area (Å²) >= 11 is 1.63. The molecule has 1 aliphatic heterocycles. The van der Waals surface area contributed by atoms with Crippen LogP contribution in [0.3, 0.4) is 0 Å². The van der Waals surface area contributed by atoms with Crippen LogP contribution in [-0.4, -0.2) is 45.5 Å². The summed E-state index contributed by atoms with van der Waals surface area (Å²) in [6.45, 7) is 6.86. The molecule has 122 valence electrons. The number of thioether (sulfide) groups is 1.